The van der Waals surface area contributed by atoms with Gasteiger partial charge in [0.25, 0.3) is 5.91 Å². The normalized spacial score (nSPS) is 10.6. The van der Waals surface area contributed by atoms with Crippen LogP contribution in [0.25, 0.3) is 10.4 Å². The molecule has 0 bridgehead atoms. The second-order valence-corrected chi connectivity index (χ2v) is 6.79. The van der Waals surface area contributed by atoms with Crippen molar-refractivity contribution >= 4 is 28.9 Å². The Kier molecular flexibility index (Phi) is 5.97. The van der Waals surface area contributed by atoms with Crippen LogP contribution >= 0.6 is 11.3 Å². The van der Waals surface area contributed by atoms with E-state index in [-0.39, 0.29) is 11.3 Å². The highest BCUT2D eigenvalue weighted by atomic mass is 32.1. The van der Waals surface area contributed by atoms with Gasteiger partial charge >= 0.3 is 5.97 Å². The highest BCUT2D eigenvalue weighted by molar-refractivity contribution is 7.14. The summed E-state index contributed by atoms with van der Waals surface area (Å²) in [5.74, 6) is -7.53. The zero-order chi connectivity index (χ0) is 22.0. The zero-order valence-electron chi connectivity index (χ0n) is 15.6. The van der Waals surface area contributed by atoms with Gasteiger partial charge in [-0.05, 0) is 23.8 Å². The molecule has 0 unspecified atom stereocenters. The third-order valence-corrected chi connectivity index (χ3v) is 5.18. The van der Waals surface area contributed by atoms with Crippen LogP contribution < -0.4 is 14.8 Å². The molecule has 156 valence electrons. The molecule has 1 amide bonds. The van der Waals surface area contributed by atoms with Gasteiger partial charge in [0, 0.05) is 5.38 Å². The second kappa shape index (κ2) is 8.46. The van der Waals surface area contributed by atoms with Gasteiger partial charge in [-0.1, -0.05) is 12.1 Å². The number of benzene rings is 2. The maximum Gasteiger partial charge on any atom is 0.339 e. The molecular weight excluding hydrogens is 423 g/mol. The molecule has 30 heavy (non-hydrogen) atoms. The third-order valence-electron chi connectivity index (χ3n) is 4.15. The topological polar surface area (TPSA) is 84.9 Å². The molecule has 1 heterocycles. The molecule has 10 heteroatoms. The number of thiophene rings is 1. The van der Waals surface area contributed by atoms with Crippen LogP contribution in [0.2, 0.25) is 0 Å². The van der Waals surface area contributed by atoms with Gasteiger partial charge in [-0.25, -0.2) is 13.6 Å². The van der Waals surface area contributed by atoms with E-state index in [0.29, 0.717) is 22.3 Å². The Morgan fingerprint density at radius 3 is 2.43 bits per heavy atom. The Morgan fingerprint density at radius 2 is 1.80 bits per heavy atom. The van der Waals surface area contributed by atoms with Crippen molar-refractivity contribution in [3.05, 3.63) is 64.3 Å². The van der Waals surface area contributed by atoms with Gasteiger partial charge in [0.15, 0.2) is 17.4 Å². The highest BCUT2D eigenvalue weighted by Crippen LogP contribution is 2.38. The van der Waals surface area contributed by atoms with Crippen LogP contribution in [-0.2, 0) is 0 Å². The molecule has 0 atom stereocenters. The van der Waals surface area contributed by atoms with Gasteiger partial charge in [0.05, 0.1) is 30.3 Å². The standard InChI is InChI=1S/C20H14F3NO5S/c1-28-10-5-3-4-9(6-10)18-14(20(26)27)13(8-30-18)24-19(25)11-7-12(21)16(23)17(29-2)15(11)22/h3-8H,1-2H3,(H,24,25)(H,26,27). The van der Waals surface area contributed by atoms with E-state index in [1.807, 2.05) is 0 Å². The monoisotopic (exact) mass is 437 g/mol. The van der Waals surface area contributed by atoms with Crippen LogP contribution in [0.4, 0.5) is 18.9 Å². The number of ether oxygens (including phenoxy) is 2. The minimum Gasteiger partial charge on any atom is -0.497 e. The Morgan fingerprint density at radius 1 is 1.07 bits per heavy atom. The van der Waals surface area contributed by atoms with Crippen LogP contribution in [0, 0.1) is 17.5 Å². The van der Waals surface area contributed by atoms with E-state index in [1.165, 1.54) is 12.5 Å². The quantitative estimate of drug-likeness (QED) is 0.541. The van der Waals surface area contributed by atoms with Gasteiger partial charge in [-0.15, -0.1) is 11.3 Å². The van der Waals surface area contributed by atoms with E-state index in [0.717, 1.165) is 18.4 Å². The lowest BCUT2D eigenvalue weighted by atomic mass is 10.1. The van der Waals surface area contributed by atoms with Crippen LogP contribution in [0.3, 0.4) is 0 Å². The number of hydrogen-bond acceptors (Lipinski definition) is 5. The summed E-state index contributed by atoms with van der Waals surface area (Å²) in [6.45, 7) is 0. The fourth-order valence-electron chi connectivity index (χ4n) is 2.75. The second-order valence-electron chi connectivity index (χ2n) is 5.91. The van der Waals surface area contributed by atoms with Gasteiger partial charge in [-0.2, -0.15) is 4.39 Å². The Labute approximate surface area is 172 Å². The lowest BCUT2D eigenvalue weighted by molar-refractivity contribution is 0.0699. The minimum atomic E-state index is -1.58. The number of amides is 1. The molecule has 0 fully saturated rings. The molecule has 0 saturated carbocycles. The number of carbonyl (C=O) groups excluding carboxylic acids is 1. The summed E-state index contributed by atoms with van der Waals surface area (Å²) in [5, 5.41) is 13.2. The average molecular weight is 437 g/mol. The van der Waals surface area contributed by atoms with Crippen molar-refractivity contribution in [1.82, 2.24) is 0 Å². The van der Waals surface area contributed by atoms with Crippen molar-refractivity contribution in [2.45, 2.75) is 0 Å². The average Bonchev–Trinajstić information content (AvgIpc) is 3.15. The molecule has 0 saturated heterocycles. The first-order valence-electron chi connectivity index (χ1n) is 8.30. The maximum atomic E-state index is 14.4. The Bertz CT molecular complexity index is 1150. The first-order valence-corrected chi connectivity index (χ1v) is 9.18. The van der Waals surface area contributed by atoms with Gasteiger partial charge in [-0.3, -0.25) is 4.79 Å². The van der Waals surface area contributed by atoms with Gasteiger partial charge < -0.3 is 19.9 Å². The number of halogens is 3. The van der Waals surface area contributed by atoms with E-state index in [2.05, 4.69) is 10.1 Å². The molecule has 0 radical (unpaired) electrons. The first kappa shape index (κ1) is 21.2. The van der Waals surface area contributed by atoms with Crippen molar-refractivity contribution in [3.63, 3.8) is 0 Å². The molecular formula is C20H14F3NO5S. The number of anilines is 1. The van der Waals surface area contributed by atoms with Crippen molar-refractivity contribution in [2.75, 3.05) is 19.5 Å². The van der Waals surface area contributed by atoms with Crippen LogP contribution in [-0.4, -0.2) is 31.2 Å². The molecule has 2 aromatic carbocycles. The molecule has 2 N–H and O–H groups in total. The molecule has 0 aliphatic heterocycles. The largest absolute Gasteiger partial charge is 0.497 e. The number of aromatic carboxylic acids is 1. The number of carboxylic acids is 1. The van der Waals surface area contributed by atoms with Crippen LogP contribution in [0.1, 0.15) is 20.7 Å². The first-order chi connectivity index (χ1) is 14.3. The van der Waals surface area contributed by atoms with E-state index in [9.17, 15) is 27.9 Å². The summed E-state index contributed by atoms with van der Waals surface area (Å²) in [4.78, 5) is 24.6. The number of hydrogen-bond donors (Lipinski definition) is 2. The van der Waals surface area contributed by atoms with E-state index in [1.54, 1.807) is 24.3 Å². The van der Waals surface area contributed by atoms with Crippen molar-refractivity contribution in [1.29, 1.82) is 0 Å². The van der Waals surface area contributed by atoms with E-state index < -0.39 is 40.6 Å². The fraction of sp³-hybridized carbons (Fsp3) is 0.100. The maximum absolute atomic E-state index is 14.4. The number of nitrogens with one attached hydrogen (secondary N) is 1. The molecule has 0 spiro atoms. The third kappa shape index (κ3) is 3.81. The van der Waals surface area contributed by atoms with Crippen molar-refractivity contribution in [3.8, 4) is 21.9 Å². The number of methoxy groups -OCH3 is 2. The Hall–Kier alpha value is -3.53. The van der Waals surface area contributed by atoms with Crippen LogP contribution in [0.15, 0.2) is 35.7 Å². The zero-order valence-corrected chi connectivity index (χ0v) is 16.4. The lowest BCUT2D eigenvalue weighted by Crippen LogP contribution is -2.17. The molecule has 6 nitrogen and oxygen atoms in total. The Balaban J connectivity index is 2.02. The number of rotatable bonds is 6. The fourth-order valence-corrected chi connectivity index (χ4v) is 3.74. The van der Waals surface area contributed by atoms with E-state index >= 15 is 0 Å². The van der Waals surface area contributed by atoms with Gasteiger partial charge in [0.1, 0.15) is 11.3 Å². The van der Waals surface area contributed by atoms with Crippen molar-refractivity contribution < 1.29 is 37.3 Å². The summed E-state index contributed by atoms with van der Waals surface area (Å²) in [5.41, 5.74) is -0.677. The predicted molar refractivity (Wildman–Crippen MR) is 104 cm³/mol. The van der Waals surface area contributed by atoms with E-state index in [4.69, 9.17) is 4.74 Å². The summed E-state index contributed by atoms with van der Waals surface area (Å²) in [7, 11) is 2.38. The summed E-state index contributed by atoms with van der Waals surface area (Å²) in [6, 6.07) is 6.99. The SMILES string of the molecule is COc1cccc(-c2scc(NC(=O)c3cc(F)c(F)c(OC)c3F)c2C(=O)O)c1. The molecule has 3 rings (SSSR count). The predicted octanol–water partition coefficient (Wildman–Crippen LogP) is 4.80. The number of carbonyl (C=O) groups is 2. The summed E-state index contributed by atoms with van der Waals surface area (Å²) < 4.78 is 51.3. The minimum absolute atomic E-state index is 0.126. The summed E-state index contributed by atoms with van der Waals surface area (Å²) >= 11 is 1.03. The van der Waals surface area contributed by atoms with Crippen LogP contribution in [0.5, 0.6) is 11.5 Å². The van der Waals surface area contributed by atoms with Gasteiger partial charge in [0.2, 0.25) is 5.82 Å². The van der Waals surface area contributed by atoms with Crippen molar-refractivity contribution in [2.24, 2.45) is 0 Å². The molecule has 0 aliphatic carbocycles. The number of carboxylic acid groups (broad SMARTS) is 1. The summed E-state index contributed by atoms with van der Waals surface area (Å²) in [6.07, 6.45) is 0. The molecule has 0 aliphatic rings. The smallest absolute Gasteiger partial charge is 0.339 e. The highest BCUT2D eigenvalue weighted by Gasteiger charge is 2.26. The molecule has 3 aromatic rings. The lowest BCUT2D eigenvalue weighted by Gasteiger charge is -2.10. The molecule has 1 aromatic heterocycles.